The van der Waals surface area contributed by atoms with Crippen LogP contribution in [0.15, 0.2) is 4.99 Å². The van der Waals surface area contributed by atoms with Crippen LogP contribution in [0.3, 0.4) is 0 Å². The van der Waals surface area contributed by atoms with Gasteiger partial charge in [0.1, 0.15) is 0 Å². The first-order valence-electron chi connectivity index (χ1n) is 9.07. The van der Waals surface area contributed by atoms with Crippen molar-refractivity contribution in [1.82, 2.24) is 15.1 Å². The molecule has 2 rings (SSSR count). The molecule has 0 bridgehead atoms. The lowest BCUT2D eigenvalue weighted by Crippen LogP contribution is -2.50. The number of aliphatic imine (C=N–C) groups is 1. The van der Waals surface area contributed by atoms with E-state index < -0.39 is 0 Å². The van der Waals surface area contributed by atoms with Gasteiger partial charge >= 0.3 is 0 Å². The van der Waals surface area contributed by atoms with E-state index in [-0.39, 0.29) is 5.92 Å². The zero-order chi connectivity index (χ0) is 17.2. The number of piperidine rings is 1. The van der Waals surface area contributed by atoms with Crippen LogP contribution in [0.2, 0.25) is 0 Å². The molecule has 0 atom stereocenters. The number of nitrogens with one attached hydrogen (secondary N) is 1. The lowest BCUT2D eigenvalue weighted by atomic mass is 9.95. The molecule has 0 aromatic heterocycles. The van der Waals surface area contributed by atoms with Gasteiger partial charge in [-0.05, 0) is 37.7 Å². The van der Waals surface area contributed by atoms with Gasteiger partial charge in [-0.2, -0.15) is 11.8 Å². The van der Waals surface area contributed by atoms with Crippen LogP contribution in [0.4, 0.5) is 0 Å². The molecule has 7 heteroatoms. The van der Waals surface area contributed by atoms with Crippen molar-refractivity contribution in [2.24, 2.45) is 10.9 Å². The summed E-state index contributed by atoms with van der Waals surface area (Å²) in [7, 11) is 1.84. The van der Waals surface area contributed by atoms with Crippen molar-refractivity contribution in [3.05, 3.63) is 0 Å². The Morgan fingerprint density at radius 2 is 1.88 bits per heavy atom. The number of carbonyl (C=O) groups is 1. The van der Waals surface area contributed by atoms with Crippen LogP contribution >= 0.6 is 11.8 Å². The van der Waals surface area contributed by atoms with Crippen LogP contribution < -0.4 is 5.32 Å². The summed E-state index contributed by atoms with van der Waals surface area (Å²) in [6.07, 6.45) is 6.40. The fourth-order valence-corrected chi connectivity index (χ4v) is 3.78. The van der Waals surface area contributed by atoms with Crippen molar-refractivity contribution in [2.75, 3.05) is 65.0 Å². The number of hydrogen-bond acceptors (Lipinski definition) is 4. The molecule has 138 valence electrons. The zero-order valence-electron chi connectivity index (χ0n) is 15.1. The van der Waals surface area contributed by atoms with E-state index in [0.29, 0.717) is 19.1 Å². The molecule has 1 amide bonds. The number of hydrogen-bond donors (Lipinski definition) is 1. The van der Waals surface area contributed by atoms with Crippen molar-refractivity contribution in [3.63, 3.8) is 0 Å². The average molecular weight is 357 g/mol. The molecule has 24 heavy (non-hydrogen) atoms. The summed E-state index contributed by atoms with van der Waals surface area (Å²) < 4.78 is 5.33. The number of nitrogens with zero attached hydrogens (tertiary/aromatic N) is 3. The molecule has 2 heterocycles. The number of rotatable bonds is 6. The number of guanidine groups is 1. The largest absolute Gasteiger partial charge is 0.378 e. The first-order valence-corrected chi connectivity index (χ1v) is 10.5. The Morgan fingerprint density at radius 3 is 2.50 bits per heavy atom. The molecule has 0 spiro atoms. The normalized spacial score (nSPS) is 20.3. The fraction of sp³-hybridized carbons (Fsp3) is 0.882. The first-order chi connectivity index (χ1) is 11.8. The summed E-state index contributed by atoms with van der Waals surface area (Å²) in [5, 5.41) is 3.46. The smallest absolute Gasteiger partial charge is 0.225 e. The highest BCUT2D eigenvalue weighted by Crippen LogP contribution is 2.20. The van der Waals surface area contributed by atoms with E-state index in [2.05, 4.69) is 21.5 Å². The van der Waals surface area contributed by atoms with Gasteiger partial charge in [0, 0.05) is 45.7 Å². The third-order valence-corrected chi connectivity index (χ3v) is 5.43. The van der Waals surface area contributed by atoms with Crippen molar-refractivity contribution < 1.29 is 9.53 Å². The number of unbranched alkanes of at least 4 members (excludes halogenated alkanes) is 1. The van der Waals surface area contributed by atoms with Gasteiger partial charge in [0.25, 0.3) is 0 Å². The van der Waals surface area contributed by atoms with Crippen LogP contribution in [0, 0.1) is 5.92 Å². The lowest BCUT2D eigenvalue weighted by Gasteiger charge is -2.36. The maximum atomic E-state index is 12.6. The molecule has 6 nitrogen and oxygen atoms in total. The van der Waals surface area contributed by atoms with Crippen LogP contribution in [0.5, 0.6) is 0 Å². The molecule has 0 aromatic carbocycles. The average Bonchev–Trinajstić information content (AvgIpc) is 2.65. The summed E-state index contributed by atoms with van der Waals surface area (Å²) in [5.74, 6) is 2.68. The predicted molar refractivity (Wildman–Crippen MR) is 101 cm³/mol. The maximum Gasteiger partial charge on any atom is 0.225 e. The highest BCUT2D eigenvalue weighted by molar-refractivity contribution is 7.98. The molecule has 0 saturated carbocycles. The Balaban J connectivity index is 1.71. The van der Waals surface area contributed by atoms with Crippen molar-refractivity contribution in [3.8, 4) is 0 Å². The molecule has 2 saturated heterocycles. The van der Waals surface area contributed by atoms with E-state index in [1.807, 2.05) is 23.7 Å². The first kappa shape index (κ1) is 19.4. The molecular formula is C17H32N4O2S. The number of morpholine rings is 1. The second-order valence-electron chi connectivity index (χ2n) is 6.37. The second-order valence-corrected chi connectivity index (χ2v) is 7.36. The quantitative estimate of drug-likeness (QED) is 0.441. The van der Waals surface area contributed by atoms with Crippen molar-refractivity contribution in [2.45, 2.75) is 25.7 Å². The summed E-state index contributed by atoms with van der Waals surface area (Å²) in [5.41, 5.74) is 0. The lowest BCUT2D eigenvalue weighted by molar-refractivity contribution is -0.140. The summed E-state index contributed by atoms with van der Waals surface area (Å²) in [4.78, 5) is 21.2. The zero-order valence-corrected chi connectivity index (χ0v) is 15.9. The molecule has 2 aliphatic rings. The van der Waals surface area contributed by atoms with Gasteiger partial charge in [0.15, 0.2) is 5.96 Å². The number of likely N-dealkylation sites (tertiary alicyclic amines) is 1. The molecule has 0 aromatic rings. The van der Waals surface area contributed by atoms with Gasteiger partial charge in [-0.15, -0.1) is 0 Å². The number of thioether (sulfide) groups is 1. The molecule has 0 aliphatic carbocycles. The topological polar surface area (TPSA) is 57.2 Å². The van der Waals surface area contributed by atoms with Gasteiger partial charge in [0.2, 0.25) is 5.91 Å². The Bertz CT molecular complexity index is 405. The Morgan fingerprint density at radius 1 is 1.17 bits per heavy atom. The van der Waals surface area contributed by atoms with E-state index in [1.54, 1.807) is 0 Å². The van der Waals surface area contributed by atoms with Crippen molar-refractivity contribution >= 4 is 23.6 Å². The standard InChI is InChI=1S/C17H32N4O2S/c1-18-17(19-7-3-4-14-24-2)21-8-5-15(6-9-21)16(22)20-10-12-23-13-11-20/h15H,3-14H2,1-2H3,(H,18,19). The minimum atomic E-state index is 0.166. The molecule has 2 fully saturated rings. The highest BCUT2D eigenvalue weighted by Gasteiger charge is 2.30. The number of carbonyl (C=O) groups excluding carboxylic acids is 1. The minimum absolute atomic E-state index is 0.166. The molecule has 2 aliphatic heterocycles. The molecular weight excluding hydrogens is 324 g/mol. The van der Waals surface area contributed by atoms with Crippen LogP contribution in [-0.2, 0) is 9.53 Å². The van der Waals surface area contributed by atoms with Gasteiger partial charge in [-0.1, -0.05) is 0 Å². The van der Waals surface area contributed by atoms with E-state index in [1.165, 1.54) is 18.6 Å². The second kappa shape index (κ2) is 10.8. The number of amides is 1. The Hall–Kier alpha value is -0.950. The van der Waals surface area contributed by atoms with Crippen molar-refractivity contribution in [1.29, 1.82) is 0 Å². The fourth-order valence-electron chi connectivity index (χ4n) is 3.28. The molecule has 0 radical (unpaired) electrons. The molecule has 0 unspecified atom stereocenters. The Kier molecular flexibility index (Phi) is 8.74. The third kappa shape index (κ3) is 5.84. The highest BCUT2D eigenvalue weighted by atomic mass is 32.2. The van der Waals surface area contributed by atoms with E-state index >= 15 is 0 Å². The van der Waals surface area contributed by atoms with E-state index in [9.17, 15) is 4.79 Å². The van der Waals surface area contributed by atoms with Gasteiger partial charge in [-0.25, -0.2) is 0 Å². The van der Waals surface area contributed by atoms with Crippen LogP contribution in [0.1, 0.15) is 25.7 Å². The maximum absolute atomic E-state index is 12.6. The van der Waals surface area contributed by atoms with Crippen LogP contribution in [-0.4, -0.2) is 86.7 Å². The third-order valence-electron chi connectivity index (χ3n) is 4.74. The van der Waals surface area contributed by atoms with Gasteiger partial charge in [0.05, 0.1) is 13.2 Å². The summed E-state index contributed by atoms with van der Waals surface area (Å²) >= 11 is 1.90. The summed E-state index contributed by atoms with van der Waals surface area (Å²) in [6.45, 7) is 5.64. The SMILES string of the molecule is CN=C(NCCCCSC)N1CCC(C(=O)N2CCOCC2)CC1. The predicted octanol–water partition coefficient (Wildman–Crippen LogP) is 1.28. The van der Waals surface area contributed by atoms with E-state index in [4.69, 9.17) is 4.74 Å². The Labute approximate surface area is 150 Å². The minimum Gasteiger partial charge on any atom is -0.378 e. The van der Waals surface area contributed by atoms with Gasteiger partial charge in [-0.3, -0.25) is 9.79 Å². The monoisotopic (exact) mass is 356 g/mol. The van der Waals surface area contributed by atoms with Crippen LogP contribution in [0.25, 0.3) is 0 Å². The molecule has 1 N–H and O–H groups in total. The van der Waals surface area contributed by atoms with E-state index in [0.717, 1.165) is 51.5 Å². The summed E-state index contributed by atoms with van der Waals surface area (Å²) in [6, 6.07) is 0. The number of ether oxygens (including phenoxy) is 1. The van der Waals surface area contributed by atoms with Gasteiger partial charge < -0.3 is 19.9 Å².